The van der Waals surface area contributed by atoms with Gasteiger partial charge in [-0.15, -0.1) is 0 Å². The van der Waals surface area contributed by atoms with E-state index in [0.717, 1.165) is 44.9 Å². The van der Waals surface area contributed by atoms with Crippen molar-refractivity contribution in [1.29, 1.82) is 0 Å². The lowest BCUT2D eigenvalue weighted by Crippen LogP contribution is -2.22. The maximum absolute atomic E-state index is 11.3. The van der Waals surface area contributed by atoms with E-state index >= 15 is 0 Å². The molecular formula is C14H30O4S. The molecule has 0 aliphatic heterocycles. The number of aliphatic hydroxyl groups excluding tert-OH is 1. The fourth-order valence-corrected chi connectivity index (χ4v) is 3.12. The lowest BCUT2D eigenvalue weighted by atomic mass is 10.0. The molecule has 0 aliphatic rings. The number of hydrogen-bond donors (Lipinski definition) is 2. The lowest BCUT2D eigenvalue weighted by Gasteiger charge is -2.16. The molecule has 0 bridgehead atoms. The van der Waals surface area contributed by atoms with Crippen molar-refractivity contribution in [3.05, 3.63) is 0 Å². The van der Waals surface area contributed by atoms with Crippen molar-refractivity contribution in [2.24, 2.45) is 0 Å². The summed E-state index contributed by atoms with van der Waals surface area (Å²) in [6.45, 7) is 4.16. The molecule has 2 unspecified atom stereocenters. The Labute approximate surface area is 118 Å². The Morgan fingerprint density at radius 2 is 1.37 bits per heavy atom. The first-order valence-electron chi connectivity index (χ1n) is 7.56. The molecule has 2 N–H and O–H groups in total. The molecule has 0 fully saturated rings. The topological polar surface area (TPSA) is 74.6 Å². The summed E-state index contributed by atoms with van der Waals surface area (Å²) in [5, 5.41) is 9.08. The van der Waals surface area contributed by atoms with Crippen LogP contribution in [0, 0.1) is 0 Å². The Balaban J connectivity index is 4.04. The summed E-state index contributed by atoms with van der Waals surface area (Å²) in [4.78, 5) is 0. The van der Waals surface area contributed by atoms with E-state index in [1.54, 1.807) is 0 Å². The summed E-state index contributed by atoms with van der Waals surface area (Å²) in [6.07, 6.45) is 7.58. The molecule has 5 heteroatoms. The third-order valence-corrected chi connectivity index (χ3v) is 4.83. The van der Waals surface area contributed by atoms with Crippen LogP contribution in [0.5, 0.6) is 0 Å². The molecule has 0 saturated heterocycles. The average molecular weight is 294 g/mol. The zero-order valence-electron chi connectivity index (χ0n) is 12.3. The van der Waals surface area contributed by atoms with Crippen molar-refractivity contribution >= 4 is 10.1 Å². The summed E-state index contributed by atoms with van der Waals surface area (Å²) >= 11 is 0. The second kappa shape index (κ2) is 10.6. The zero-order valence-corrected chi connectivity index (χ0v) is 13.2. The van der Waals surface area contributed by atoms with E-state index in [1.165, 1.54) is 0 Å². The SMILES string of the molecule is CCCCCC(O)CCC(CCCCC)S(=O)(=O)O. The van der Waals surface area contributed by atoms with Crippen LogP contribution >= 0.6 is 0 Å². The monoisotopic (exact) mass is 294 g/mol. The molecule has 0 heterocycles. The van der Waals surface area contributed by atoms with Gasteiger partial charge < -0.3 is 5.11 Å². The van der Waals surface area contributed by atoms with E-state index < -0.39 is 21.5 Å². The van der Waals surface area contributed by atoms with Gasteiger partial charge in [-0.05, 0) is 25.7 Å². The Bertz CT molecular complexity index is 301. The van der Waals surface area contributed by atoms with E-state index in [-0.39, 0.29) is 0 Å². The van der Waals surface area contributed by atoms with Gasteiger partial charge in [-0.2, -0.15) is 8.42 Å². The van der Waals surface area contributed by atoms with Gasteiger partial charge in [-0.3, -0.25) is 4.55 Å². The molecule has 0 aromatic heterocycles. The van der Waals surface area contributed by atoms with Gasteiger partial charge in [0.05, 0.1) is 11.4 Å². The van der Waals surface area contributed by atoms with Crippen LogP contribution in [0.25, 0.3) is 0 Å². The highest BCUT2D eigenvalue weighted by atomic mass is 32.2. The Hall–Kier alpha value is -0.130. The maximum atomic E-state index is 11.3. The third-order valence-electron chi connectivity index (χ3n) is 3.51. The summed E-state index contributed by atoms with van der Waals surface area (Å²) in [7, 11) is -3.98. The second-order valence-corrected chi connectivity index (χ2v) is 7.06. The average Bonchev–Trinajstić information content (AvgIpc) is 2.32. The quantitative estimate of drug-likeness (QED) is 0.426. The number of unbranched alkanes of at least 4 members (excludes halogenated alkanes) is 4. The maximum Gasteiger partial charge on any atom is 0.267 e. The molecule has 0 spiro atoms. The van der Waals surface area contributed by atoms with Crippen LogP contribution in [0.4, 0.5) is 0 Å². The normalized spacial score (nSPS) is 15.4. The van der Waals surface area contributed by atoms with Gasteiger partial charge in [0.2, 0.25) is 0 Å². The van der Waals surface area contributed by atoms with Crippen LogP contribution in [-0.2, 0) is 10.1 Å². The summed E-state index contributed by atoms with van der Waals surface area (Å²) in [5.74, 6) is 0. The first kappa shape index (κ1) is 18.9. The van der Waals surface area contributed by atoms with E-state index in [1.807, 2.05) is 0 Å². The summed E-state index contributed by atoms with van der Waals surface area (Å²) in [6, 6.07) is 0. The van der Waals surface area contributed by atoms with Gasteiger partial charge in [-0.25, -0.2) is 0 Å². The van der Waals surface area contributed by atoms with Crippen molar-refractivity contribution < 1.29 is 18.1 Å². The van der Waals surface area contributed by atoms with E-state index in [0.29, 0.717) is 19.3 Å². The number of rotatable bonds is 12. The number of aliphatic hydroxyl groups is 1. The van der Waals surface area contributed by atoms with Gasteiger partial charge in [0.15, 0.2) is 0 Å². The Kier molecular flexibility index (Phi) is 10.6. The highest BCUT2D eigenvalue weighted by Crippen LogP contribution is 2.18. The van der Waals surface area contributed by atoms with Crippen LogP contribution in [0.2, 0.25) is 0 Å². The molecule has 2 atom stereocenters. The van der Waals surface area contributed by atoms with E-state index in [2.05, 4.69) is 13.8 Å². The minimum absolute atomic E-state index is 0.357. The molecule has 0 aliphatic carbocycles. The van der Waals surface area contributed by atoms with Crippen LogP contribution in [-0.4, -0.2) is 29.4 Å². The first-order valence-corrected chi connectivity index (χ1v) is 9.06. The minimum atomic E-state index is -3.98. The molecule has 116 valence electrons. The van der Waals surface area contributed by atoms with Crippen molar-refractivity contribution in [1.82, 2.24) is 0 Å². The highest BCUT2D eigenvalue weighted by molar-refractivity contribution is 7.86. The fourth-order valence-electron chi connectivity index (χ4n) is 2.22. The van der Waals surface area contributed by atoms with Gasteiger partial charge in [0.25, 0.3) is 10.1 Å². The zero-order chi connectivity index (χ0) is 14.7. The van der Waals surface area contributed by atoms with Crippen molar-refractivity contribution in [3.8, 4) is 0 Å². The molecule has 0 radical (unpaired) electrons. The molecule has 0 rings (SSSR count). The molecule has 4 nitrogen and oxygen atoms in total. The Morgan fingerprint density at radius 3 is 1.84 bits per heavy atom. The van der Waals surface area contributed by atoms with Crippen LogP contribution < -0.4 is 0 Å². The summed E-state index contributed by atoms with van der Waals surface area (Å²) in [5.41, 5.74) is 0. The third kappa shape index (κ3) is 10.3. The largest absolute Gasteiger partial charge is 0.393 e. The van der Waals surface area contributed by atoms with Crippen molar-refractivity contribution in [2.45, 2.75) is 89.4 Å². The second-order valence-electron chi connectivity index (χ2n) is 5.36. The minimum Gasteiger partial charge on any atom is -0.393 e. The molecule has 0 amide bonds. The fraction of sp³-hybridized carbons (Fsp3) is 1.00. The predicted molar refractivity (Wildman–Crippen MR) is 78.9 cm³/mol. The van der Waals surface area contributed by atoms with E-state index in [9.17, 15) is 18.1 Å². The smallest absolute Gasteiger partial charge is 0.267 e. The predicted octanol–water partition coefficient (Wildman–Crippen LogP) is 3.54. The molecule has 0 aromatic carbocycles. The first-order chi connectivity index (χ1) is 8.91. The molecule has 0 aromatic rings. The highest BCUT2D eigenvalue weighted by Gasteiger charge is 2.23. The Morgan fingerprint density at radius 1 is 0.842 bits per heavy atom. The van der Waals surface area contributed by atoms with Crippen LogP contribution in [0.1, 0.15) is 78.1 Å². The van der Waals surface area contributed by atoms with Gasteiger partial charge in [-0.1, -0.05) is 52.4 Å². The van der Waals surface area contributed by atoms with Crippen molar-refractivity contribution in [2.75, 3.05) is 0 Å². The molecule has 19 heavy (non-hydrogen) atoms. The van der Waals surface area contributed by atoms with Gasteiger partial charge in [0, 0.05) is 0 Å². The van der Waals surface area contributed by atoms with Crippen molar-refractivity contribution in [3.63, 3.8) is 0 Å². The van der Waals surface area contributed by atoms with Crippen LogP contribution in [0.3, 0.4) is 0 Å². The standard InChI is InChI=1S/C14H30O4S/c1-3-5-7-9-13(15)11-12-14(19(16,17)18)10-8-6-4-2/h13-15H,3-12H2,1-2H3,(H,16,17,18). The van der Waals surface area contributed by atoms with Gasteiger partial charge >= 0.3 is 0 Å². The van der Waals surface area contributed by atoms with Crippen LogP contribution in [0.15, 0.2) is 0 Å². The number of hydrogen-bond acceptors (Lipinski definition) is 3. The van der Waals surface area contributed by atoms with Gasteiger partial charge in [0.1, 0.15) is 0 Å². The lowest BCUT2D eigenvalue weighted by molar-refractivity contribution is 0.147. The molecular weight excluding hydrogens is 264 g/mol. The van der Waals surface area contributed by atoms with E-state index in [4.69, 9.17) is 0 Å². The summed E-state index contributed by atoms with van der Waals surface area (Å²) < 4.78 is 31.7. The molecule has 0 saturated carbocycles.